The summed E-state index contributed by atoms with van der Waals surface area (Å²) in [6, 6.07) is 8.36. The van der Waals surface area contributed by atoms with Crippen LogP contribution in [0, 0.1) is 0 Å². The van der Waals surface area contributed by atoms with Crippen molar-refractivity contribution in [2.45, 2.75) is 63.4 Å². The second-order valence-corrected chi connectivity index (χ2v) is 8.15. The van der Waals surface area contributed by atoms with Crippen LogP contribution in [0.25, 0.3) is 0 Å². The molecule has 9 nitrogen and oxygen atoms in total. The van der Waals surface area contributed by atoms with Crippen molar-refractivity contribution in [3.63, 3.8) is 0 Å². The van der Waals surface area contributed by atoms with Crippen molar-refractivity contribution >= 4 is 17.9 Å². The van der Waals surface area contributed by atoms with Gasteiger partial charge in [-0.2, -0.15) is 0 Å². The van der Waals surface area contributed by atoms with Crippen LogP contribution in [0.4, 0.5) is 0 Å². The van der Waals surface area contributed by atoms with Crippen molar-refractivity contribution in [3.8, 4) is 0 Å². The fourth-order valence-corrected chi connectivity index (χ4v) is 3.97. The van der Waals surface area contributed by atoms with E-state index in [9.17, 15) is 14.4 Å². The topological polar surface area (TPSA) is 107 Å². The normalized spacial score (nSPS) is 34.5. The molecular weight excluding hydrogens is 420 g/mol. The largest absolute Gasteiger partial charge is 0.453 e. The van der Waals surface area contributed by atoms with Gasteiger partial charge < -0.3 is 28.4 Å². The standard InChI is InChI=1S/C23H24O9/c1-11(2)20(24)27-14-17-15(28-21(25)12(3)4)19-16(18(14)31-23(5,30-17)32-19)29-22(26)13-9-7-6-8-10-13/h6-10,14-19H,1,3H2,2,4-5H3/t14?,15?,16?,17?,18-,19+,23?. The SMILES string of the molecule is C=C(C)C(=O)OC1C2OC3(C)O[C@H]1C(OC(=O)c1ccccc1)[C@@H](O3)C2OC(=O)C(=C)C. The van der Waals surface area contributed by atoms with Crippen molar-refractivity contribution in [3.05, 3.63) is 60.2 Å². The van der Waals surface area contributed by atoms with Crippen LogP contribution >= 0.6 is 0 Å². The molecule has 3 heterocycles. The number of ether oxygens (including phenoxy) is 6. The molecule has 5 unspecified atom stereocenters. The Morgan fingerprint density at radius 1 is 0.781 bits per heavy atom. The van der Waals surface area contributed by atoms with E-state index in [2.05, 4.69) is 13.2 Å². The molecule has 5 rings (SSSR count). The monoisotopic (exact) mass is 444 g/mol. The minimum Gasteiger partial charge on any atom is -0.453 e. The van der Waals surface area contributed by atoms with Crippen LogP contribution in [-0.2, 0) is 38.0 Å². The molecule has 0 radical (unpaired) electrons. The fourth-order valence-electron chi connectivity index (χ4n) is 3.97. The van der Waals surface area contributed by atoms with Gasteiger partial charge in [0.05, 0.1) is 5.56 Å². The molecule has 1 aromatic rings. The third-order valence-corrected chi connectivity index (χ3v) is 5.43. The molecule has 4 fully saturated rings. The summed E-state index contributed by atoms with van der Waals surface area (Å²) in [6.45, 7) is 11.7. The Labute approximate surface area is 184 Å². The molecule has 7 atom stereocenters. The van der Waals surface area contributed by atoms with E-state index in [1.54, 1.807) is 37.3 Å². The van der Waals surface area contributed by atoms with Crippen LogP contribution in [0.3, 0.4) is 0 Å². The molecule has 0 spiro atoms. The number of carbonyl (C=O) groups is 3. The number of hydrogen-bond acceptors (Lipinski definition) is 9. The average molecular weight is 444 g/mol. The Balaban J connectivity index is 1.68. The molecular formula is C23H24O9. The van der Waals surface area contributed by atoms with Gasteiger partial charge in [-0.25, -0.2) is 14.4 Å². The van der Waals surface area contributed by atoms with Gasteiger partial charge in [0, 0.05) is 18.1 Å². The zero-order valence-electron chi connectivity index (χ0n) is 17.9. The fraction of sp³-hybridized carbons (Fsp3) is 0.435. The lowest BCUT2D eigenvalue weighted by atomic mass is 9.81. The Morgan fingerprint density at radius 3 is 1.59 bits per heavy atom. The molecule has 9 heteroatoms. The van der Waals surface area contributed by atoms with Gasteiger partial charge in [-0.15, -0.1) is 0 Å². The molecule has 4 bridgehead atoms. The highest BCUT2D eigenvalue weighted by molar-refractivity contribution is 5.90. The molecule has 0 N–H and O–H groups in total. The van der Waals surface area contributed by atoms with Crippen LogP contribution in [0.15, 0.2) is 54.6 Å². The van der Waals surface area contributed by atoms with E-state index in [4.69, 9.17) is 28.4 Å². The van der Waals surface area contributed by atoms with Crippen LogP contribution < -0.4 is 0 Å². The van der Waals surface area contributed by atoms with Gasteiger partial charge >= 0.3 is 17.9 Å². The second kappa shape index (κ2) is 8.16. The maximum atomic E-state index is 12.8. The summed E-state index contributed by atoms with van der Waals surface area (Å²) in [7, 11) is 0. The summed E-state index contributed by atoms with van der Waals surface area (Å²) in [4.78, 5) is 37.4. The van der Waals surface area contributed by atoms with Crippen molar-refractivity contribution < 1.29 is 42.8 Å². The number of esters is 3. The van der Waals surface area contributed by atoms with Gasteiger partial charge in [0.25, 0.3) is 5.97 Å². The maximum Gasteiger partial charge on any atom is 0.338 e. The maximum absolute atomic E-state index is 12.8. The number of carbonyl (C=O) groups excluding carboxylic acids is 3. The van der Waals surface area contributed by atoms with E-state index >= 15 is 0 Å². The van der Waals surface area contributed by atoms with Gasteiger partial charge in [0.2, 0.25) is 0 Å². The van der Waals surface area contributed by atoms with Crippen molar-refractivity contribution in [2.24, 2.45) is 0 Å². The predicted molar refractivity (Wildman–Crippen MR) is 108 cm³/mol. The molecule has 3 aliphatic heterocycles. The summed E-state index contributed by atoms with van der Waals surface area (Å²) in [5.41, 5.74) is 0.638. The smallest absolute Gasteiger partial charge is 0.338 e. The molecule has 4 aliphatic rings. The minimum atomic E-state index is -1.48. The van der Waals surface area contributed by atoms with Crippen LogP contribution in [0.2, 0.25) is 0 Å². The first-order valence-electron chi connectivity index (χ1n) is 10.1. The molecule has 0 aromatic heterocycles. The molecule has 1 aromatic carbocycles. The second-order valence-electron chi connectivity index (χ2n) is 8.15. The molecule has 1 aliphatic carbocycles. The Bertz CT molecular complexity index is 923. The molecule has 1 saturated carbocycles. The van der Waals surface area contributed by atoms with E-state index in [0.29, 0.717) is 5.56 Å². The van der Waals surface area contributed by atoms with Crippen LogP contribution in [0.5, 0.6) is 0 Å². The Kier molecular flexibility index (Phi) is 5.66. The lowest BCUT2D eigenvalue weighted by molar-refractivity contribution is -0.529. The van der Waals surface area contributed by atoms with Gasteiger partial charge in [-0.3, -0.25) is 0 Å². The highest BCUT2D eigenvalue weighted by Gasteiger charge is 2.69. The van der Waals surface area contributed by atoms with Gasteiger partial charge in [-0.05, 0) is 26.0 Å². The quantitative estimate of drug-likeness (QED) is 0.370. The number of rotatable bonds is 6. The van der Waals surface area contributed by atoms with Crippen molar-refractivity contribution in [2.75, 3.05) is 0 Å². The number of hydrogen-bond donors (Lipinski definition) is 0. The first-order chi connectivity index (χ1) is 15.1. The lowest BCUT2D eigenvalue weighted by Crippen LogP contribution is -2.79. The molecule has 3 saturated heterocycles. The summed E-state index contributed by atoms with van der Waals surface area (Å²) in [5, 5.41) is 0. The zero-order chi connectivity index (χ0) is 23.2. The highest BCUT2D eigenvalue weighted by atomic mass is 16.9. The summed E-state index contributed by atoms with van der Waals surface area (Å²) >= 11 is 0. The first kappa shape index (κ1) is 22.2. The van der Waals surface area contributed by atoms with E-state index in [1.807, 2.05) is 0 Å². The predicted octanol–water partition coefficient (Wildman–Crippen LogP) is 2.06. The lowest BCUT2D eigenvalue weighted by Gasteiger charge is -2.60. The molecule has 32 heavy (non-hydrogen) atoms. The zero-order valence-corrected chi connectivity index (χ0v) is 17.9. The summed E-state index contributed by atoms with van der Waals surface area (Å²) < 4.78 is 34.5. The van der Waals surface area contributed by atoms with Crippen molar-refractivity contribution in [1.29, 1.82) is 0 Å². The highest BCUT2D eigenvalue weighted by Crippen LogP contribution is 2.48. The third-order valence-electron chi connectivity index (χ3n) is 5.43. The molecule has 0 amide bonds. The summed E-state index contributed by atoms with van der Waals surface area (Å²) in [5.74, 6) is -3.47. The summed E-state index contributed by atoms with van der Waals surface area (Å²) in [6.07, 6.45) is -5.84. The first-order valence-corrected chi connectivity index (χ1v) is 10.1. The molecule has 170 valence electrons. The van der Waals surface area contributed by atoms with E-state index in [1.165, 1.54) is 13.8 Å². The van der Waals surface area contributed by atoms with Gasteiger partial charge in [0.1, 0.15) is 18.3 Å². The van der Waals surface area contributed by atoms with Crippen LogP contribution in [0.1, 0.15) is 31.1 Å². The van der Waals surface area contributed by atoms with Crippen molar-refractivity contribution in [1.82, 2.24) is 0 Å². The van der Waals surface area contributed by atoms with Crippen LogP contribution in [-0.4, -0.2) is 60.5 Å². The third kappa shape index (κ3) is 3.94. The minimum absolute atomic E-state index is 0.162. The Morgan fingerprint density at radius 2 is 1.19 bits per heavy atom. The van der Waals surface area contributed by atoms with Gasteiger partial charge in [0.15, 0.2) is 18.3 Å². The Hall–Kier alpha value is -3.01. The average Bonchev–Trinajstić information content (AvgIpc) is 2.74. The number of benzene rings is 1. The van der Waals surface area contributed by atoms with E-state index in [-0.39, 0.29) is 11.1 Å². The van der Waals surface area contributed by atoms with E-state index in [0.717, 1.165) is 0 Å². The van der Waals surface area contributed by atoms with Gasteiger partial charge in [-0.1, -0.05) is 31.4 Å². The van der Waals surface area contributed by atoms with E-state index < -0.39 is 60.5 Å².